The van der Waals surface area contributed by atoms with Crippen LogP contribution in [0, 0.1) is 5.92 Å². The molecule has 1 aliphatic carbocycles. The van der Waals surface area contributed by atoms with Crippen molar-refractivity contribution < 1.29 is 4.74 Å². The molecule has 4 heteroatoms. The standard InChI is InChI=1S/C12H22N2OS/c1-2-7-15-8-3-6-13-12-14-9-11(16-12)10-4-5-10/h10-11H,2-9H2,1H3,(H,13,14). The molecule has 0 spiro atoms. The monoisotopic (exact) mass is 242 g/mol. The van der Waals surface area contributed by atoms with Gasteiger partial charge in [0.2, 0.25) is 0 Å². The lowest BCUT2D eigenvalue weighted by atomic mass is 10.3. The van der Waals surface area contributed by atoms with Crippen LogP contribution < -0.4 is 5.32 Å². The van der Waals surface area contributed by atoms with E-state index in [0.717, 1.165) is 55.5 Å². The average molecular weight is 242 g/mol. The predicted molar refractivity (Wildman–Crippen MR) is 70.1 cm³/mol. The smallest absolute Gasteiger partial charge is 0.156 e. The third-order valence-electron chi connectivity index (χ3n) is 2.92. The van der Waals surface area contributed by atoms with Crippen LogP contribution in [0.5, 0.6) is 0 Å². The van der Waals surface area contributed by atoms with Crippen LogP contribution in [0.4, 0.5) is 0 Å². The summed E-state index contributed by atoms with van der Waals surface area (Å²) in [7, 11) is 0. The molecule has 1 aliphatic heterocycles. The van der Waals surface area contributed by atoms with Gasteiger partial charge in [-0.1, -0.05) is 18.7 Å². The highest BCUT2D eigenvalue weighted by atomic mass is 32.2. The van der Waals surface area contributed by atoms with Crippen LogP contribution >= 0.6 is 11.8 Å². The van der Waals surface area contributed by atoms with Crippen molar-refractivity contribution in [1.29, 1.82) is 0 Å². The second-order valence-electron chi connectivity index (χ2n) is 4.53. The van der Waals surface area contributed by atoms with Crippen molar-refractivity contribution in [3.63, 3.8) is 0 Å². The van der Waals surface area contributed by atoms with Crippen molar-refractivity contribution in [2.75, 3.05) is 26.3 Å². The highest BCUT2D eigenvalue weighted by molar-refractivity contribution is 8.14. The van der Waals surface area contributed by atoms with Crippen LogP contribution in [0.2, 0.25) is 0 Å². The fraction of sp³-hybridized carbons (Fsp3) is 0.917. The summed E-state index contributed by atoms with van der Waals surface area (Å²) in [4.78, 5) is 4.54. The largest absolute Gasteiger partial charge is 0.381 e. The van der Waals surface area contributed by atoms with Crippen molar-refractivity contribution >= 4 is 16.9 Å². The Balaban J connectivity index is 1.47. The van der Waals surface area contributed by atoms with Crippen molar-refractivity contribution in [3.8, 4) is 0 Å². The van der Waals surface area contributed by atoms with Crippen LogP contribution in [0.3, 0.4) is 0 Å². The van der Waals surface area contributed by atoms with Gasteiger partial charge >= 0.3 is 0 Å². The van der Waals surface area contributed by atoms with Gasteiger partial charge in [0.05, 0.1) is 6.54 Å². The number of nitrogens with one attached hydrogen (secondary N) is 1. The molecule has 1 atom stereocenters. The maximum atomic E-state index is 5.43. The van der Waals surface area contributed by atoms with E-state index in [1.807, 2.05) is 11.8 Å². The lowest BCUT2D eigenvalue weighted by Gasteiger charge is -2.07. The minimum atomic E-state index is 0.777. The van der Waals surface area contributed by atoms with Crippen LogP contribution in [0.25, 0.3) is 0 Å². The van der Waals surface area contributed by atoms with Crippen LogP contribution in [0.15, 0.2) is 4.99 Å². The fourth-order valence-corrected chi connectivity index (χ4v) is 3.05. The summed E-state index contributed by atoms with van der Waals surface area (Å²) in [5.41, 5.74) is 0. The van der Waals surface area contributed by atoms with Gasteiger partial charge in [-0.2, -0.15) is 0 Å². The number of ether oxygens (including phenoxy) is 1. The molecule has 1 N–H and O–H groups in total. The summed E-state index contributed by atoms with van der Waals surface area (Å²) in [6.45, 7) is 5.92. The maximum absolute atomic E-state index is 5.43. The molecule has 0 bridgehead atoms. The molecule has 16 heavy (non-hydrogen) atoms. The first-order valence-electron chi connectivity index (χ1n) is 6.43. The molecule has 0 aromatic heterocycles. The zero-order valence-electron chi connectivity index (χ0n) is 10.1. The quantitative estimate of drug-likeness (QED) is 0.695. The molecule has 92 valence electrons. The Hall–Kier alpha value is -0.220. The van der Waals surface area contributed by atoms with Gasteiger partial charge in [0.1, 0.15) is 0 Å². The minimum Gasteiger partial charge on any atom is -0.381 e. The minimum absolute atomic E-state index is 0.777. The molecule has 1 heterocycles. The van der Waals surface area contributed by atoms with Crippen LogP contribution in [-0.4, -0.2) is 36.7 Å². The van der Waals surface area contributed by atoms with E-state index in [1.54, 1.807) is 0 Å². The summed E-state index contributed by atoms with van der Waals surface area (Å²) in [5.74, 6) is 0.959. The van der Waals surface area contributed by atoms with E-state index in [0.29, 0.717) is 0 Å². The number of hydrogen-bond acceptors (Lipinski definition) is 4. The van der Waals surface area contributed by atoms with Gasteiger partial charge in [-0.05, 0) is 31.6 Å². The second kappa shape index (κ2) is 6.50. The van der Waals surface area contributed by atoms with Gasteiger partial charge in [-0.25, -0.2) is 0 Å². The van der Waals surface area contributed by atoms with Crippen LogP contribution in [-0.2, 0) is 4.74 Å². The molecule has 2 aliphatic rings. The van der Waals surface area contributed by atoms with Gasteiger partial charge in [-0.3, -0.25) is 4.99 Å². The fourth-order valence-electron chi connectivity index (χ4n) is 1.82. The van der Waals surface area contributed by atoms with Crippen molar-refractivity contribution in [3.05, 3.63) is 0 Å². The second-order valence-corrected chi connectivity index (χ2v) is 5.76. The highest BCUT2D eigenvalue weighted by Crippen LogP contribution is 2.41. The Bertz CT molecular complexity index is 241. The van der Waals surface area contributed by atoms with Gasteiger partial charge in [0.25, 0.3) is 0 Å². The van der Waals surface area contributed by atoms with Gasteiger partial charge in [-0.15, -0.1) is 0 Å². The SMILES string of the molecule is CCCOCCCNC1=NCC(C2CC2)S1. The summed E-state index contributed by atoms with van der Waals surface area (Å²) in [5, 5.41) is 5.34. The molecular weight excluding hydrogens is 220 g/mol. The molecule has 1 fully saturated rings. The van der Waals surface area contributed by atoms with E-state index in [1.165, 1.54) is 12.8 Å². The molecule has 0 radical (unpaired) electrons. The summed E-state index contributed by atoms with van der Waals surface area (Å²) in [6.07, 6.45) is 5.03. The lowest BCUT2D eigenvalue weighted by molar-refractivity contribution is 0.133. The summed E-state index contributed by atoms with van der Waals surface area (Å²) < 4.78 is 5.43. The first-order valence-corrected chi connectivity index (χ1v) is 7.31. The van der Waals surface area contributed by atoms with Crippen LogP contribution in [0.1, 0.15) is 32.6 Å². The number of thioether (sulfide) groups is 1. The van der Waals surface area contributed by atoms with Crippen molar-refractivity contribution in [2.24, 2.45) is 10.9 Å². The summed E-state index contributed by atoms with van der Waals surface area (Å²) >= 11 is 1.95. The van der Waals surface area contributed by atoms with E-state index in [-0.39, 0.29) is 0 Å². The molecular formula is C12H22N2OS. The summed E-state index contributed by atoms with van der Waals surface area (Å²) in [6, 6.07) is 0. The first-order chi connectivity index (χ1) is 7.90. The Labute approximate surface area is 102 Å². The van der Waals surface area contributed by atoms with E-state index in [4.69, 9.17) is 4.74 Å². The van der Waals surface area contributed by atoms with Crippen molar-refractivity contribution in [2.45, 2.75) is 37.9 Å². The topological polar surface area (TPSA) is 33.6 Å². The molecule has 0 aromatic carbocycles. The van der Waals surface area contributed by atoms with Gasteiger partial charge in [0.15, 0.2) is 5.17 Å². The van der Waals surface area contributed by atoms with Gasteiger partial charge in [0, 0.05) is 25.0 Å². The molecule has 3 nitrogen and oxygen atoms in total. The molecule has 0 amide bonds. The Morgan fingerprint density at radius 2 is 2.31 bits per heavy atom. The number of rotatable bonds is 7. The zero-order valence-corrected chi connectivity index (χ0v) is 10.9. The molecule has 1 saturated carbocycles. The van der Waals surface area contributed by atoms with E-state index >= 15 is 0 Å². The van der Waals surface area contributed by atoms with Crippen molar-refractivity contribution in [1.82, 2.24) is 5.32 Å². The third-order valence-corrected chi connectivity index (χ3v) is 4.25. The predicted octanol–water partition coefficient (Wildman–Crippen LogP) is 2.27. The lowest BCUT2D eigenvalue weighted by Crippen LogP contribution is -2.22. The number of amidine groups is 1. The molecule has 2 rings (SSSR count). The Morgan fingerprint density at radius 1 is 1.44 bits per heavy atom. The average Bonchev–Trinajstić information content (AvgIpc) is 3.04. The maximum Gasteiger partial charge on any atom is 0.156 e. The Kier molecular flexibility index (Phi) is 4.97. The van der Waals surface area contributed by atoms with E-state index in [2.05, 4.69) is 17.2 Å². The van der Waals surface area contributed by atoms with Gasteiger partial charge < -0.3 is 10.1 Å². The number of hydrogen-bond donors (Lipinski definition) is 1. The Morgan fingerprint density at radius 3 is 3.06 bits per heavy atom. The normalized spacial score (nSPS) is 24.6. The zero-order chi connectivity index (χ0) is 11.2. The van der Waals surface area contributed by atoms with E-state index < -0.39 is 0 Å². The number of nitrogens with zero attached hydrogens (tertiary/aromatic N) is 1. The highest BCUT2D eigenvalue weighted by Gasteiger charge is 2.35. The first kappa shape index (κ1) is 12.2. The number of aliphatic imine (C=N–C) groups is 1. The molecule has 0 saturated heterocycles. The third kappa shape index (κ3) is 3.98. The molecule has 0 aromatic rings. The van der Waals surface area contributed by atoms with E-state index in [9.17, 15) is 0 Å². The molecule has 1 unspecified atom stereocenters.